The minimum atomic E-state index is -0.465. The summed E-state index contributed by atoms with van der Waals surface area (Å²) in [5.74, 6) is -1.25. The molecular weight excluding hydrogens is 291 g/mol. The molecule has 1 heterocycles. The van der Waals surface area contributed by atoms with Gasteiger partial charge in [-0.2, -0.15) is 5.26 Å². The molecule has 4 nitrogen and oxygen atoms in total. The van der Waals surface area contributed by atoms with Gasteiger partial charge in [-0.15, -0.1) is 11.3 Å². The van der Waals surface area contributed by atoms with Crippen LogP contribution in [0.5, 0.6) is 0 Å². The van der Waals surface area contributed by atoms with Crippen LogP contribution in [0.4, 0.5) is 4.39 Å². The van der Waals surface area contributed by atoms with Crippen LogP contribution in [-0.4, -0.2) is 17.6 Å². The summed E-state index contributed by atoms with van der Waals surface area (Å²) in [6.45, 7) is 1.73. The van der Waals surface area contributed by atoms with Gasteiger partial charge in [0.1, 0.15) is 17.3 Å². The SMILES string of the molecule is Cc1ncsc1C(=O)OC[C@@H](C#N)Cc1ccc(F)cc1. The fraction of sp³-hybridized carbons (Fsp3) is 0.267. The number of benzene rings is 1. The number of aryl methyl sites for hydroxylation is 1. The number of carbonyl (C=O) groups is 1. The highest BCUT2D eigenvalue weighted by atomic mass is 32.1. The number of nitrogens with zero attached hydrogens (tertiary/aromatic N) is 2. The molecule has 1 aromatic carbocycles. The molecule has 2 rings (SSSR count). The minimum absolute atomic E-state index is 0.00402. The maximum Gasteiger partial charge on any atom is 0.350 e. The molecule has 0 radical (unpaired) electrons. The number of carbonyl (C=O) groups excluding carboxylic acids is 1. The second kappa shape index (κ2) is 6.95. The lowest BCUT2D eigenvalue weighted by molar-refractivity contribution is 0.0473. The van der Waals surface area contributed by atoms with Gasteiger partial charge in [-0.3, -0.25) is 0 Å². The summed E-state index contributed by atoms with van der Waals surface area (Å²) < 4.78 is 18.0. The quantitative estimate of drug-likeness (QED) is 0.796. The van der Waals surface area contributed by atoms with Crippen LogP contribution in [0.15, 0.2) is 29.8 Å². The average molecular weight is 304 g/mol. The van der Waals surface area contributed by atoms with Crippen molar-refractivity contribution in [1.29, 1.82) is 5.26 Å². The first kappa shape index (κ1) is 15.1. The second-order valence-corrected chi connectivity index (χ2v) is 5.38. The van der Waals surface area contributed by atoms with Gasteiger partial charge in [-0.05, 0) is 31.0 Å². The zero-order valence-corrected chi connectivity index (χ0v) is 12.2. The van der Waals surface area contributed by atoms with Gasteiger partial charge in [-0.25, -0.2) is 14.2 Å². The average Bonchev–Trinajstić information content (AvgIpc) is 2.91. The summed E-state index contributed by atoms with van der Waals surface area (Å²) in [5.41, 5.74) is 3.02. The summed E-state index contributed by atoms with van der Waals surface area (Å²) in [7, 11) is 0. The highest BCUT2D eigenvalue weighted by molar-refractivity contribution is 7.11. The third kappa shape index (κ3) is 4.10. The lowest BCUT2D eigenvalue weighted by Crippen LogP contribution is -2.15. The van der Waals surface area contributed by atoms with E-state index in [0.29, 0.717) is 17.0 Å². The molecule has 0 fully saturated rings. The molecule has 2 aromatic rings. The number of halogens is 1. The molecule has 0 aliphatic carbocycles. The smallest absolute Gasteiger partial charge is 0.350 e. The molecule has 0 aliphatic rings. The number of aromatic nitrogens is 1. The minimum Gasteiger partial charge on any atom is -0.460 e. The number of rotatable bonds is 5. The molecule has 6 heteroatoms. The fourth-order valence-electron chi connectivity index (χ4n) is 1.79. The highest BCUT2D eigenvalue weighted by Gasteiger charge is 2.16. The first-order valence-corrected chi connectivity index (χ1v) is 7.19. The Labute approximate surface area is 125 Å². The molecule has 0 spiro atoms. The molecule has 0 N–H and O–H groups in total. The van der Waals surface area contributed by atoms with E-state index in [9.17, 15) is 9.18 Å². The van der Waals surface area contributed by atoms with Crippen molar-refractivity contribution >= 4 is 17.3 Å². The first-order chi connectivity index (χ1) is 10.1. The van der Waals surface area contributed by atoms with E-state index in [1.807, 2.05) is 0 Å². The van der Waals surface area contributed by atoms with Gasteiger partial charge in [-0.1, -0.05) is 12.1 Å². The van der Waals surface area contributed by atoms with Gasteiger partial charge >= 0.3 is 5.97 Å². The van der Waals surface area contributed by atoms with Crippen LogP contribution in [0.25, 0.3) is 0 Å². The maximum absolute atomic E-state index is 12.8. The molecule has 0 unspecified atom stereocenters. The van der Waals surface area contributed by atoms with E-state index >= 15 is 0 Å². The van der Waals surface area contributed by atoms with Crippen LogP contribution >= 0.6 is 11.3 Å². The molecule has 0 bridgehead atoms. The van der Waals surface area contributed by atoms with Crippen LogP contribution in [0.2, 0.25) is 0 Å². The molecule has 0 saturated carbocycles. The molecule has 1 atom stereocenters. The van der Waals surface area contributed by atoms with Crippen molar-refractivity contribution in [3.63, 3.8) is 0 Å². The number of nitriles is 1. The Kier molecular flexibility index (Phi) is 5.01. The van der Waals surface area contributed by atoms with Gasteiger partial charge in [0.2, 0.25) is 0 Å². The largest absolute Gasteiger partial charge is 0.460 e. The van der Waals surface area contributed by atoms with Crippen molar-refractivity contribution in [1.82, 2.24) is 4.98 Å². The topological polar surface area (TPSA) is 63.0 Å². The summed E-state index contributed by atoms with van der Waals surface area (Å²) in [5, 5.41) is 9.11. The number of hydrogen-bond acceptors (Lipinski definition) is 5. The Morgan fingerprint density at radius 2 is 2.19 bits per heavy atom. The standard InChI is InChI=1S/C15H13FN2O2S/c1-10-14(21-9-18-10)15(19)20-8-12(7-17)6-11-2-4-13(16)5-3-11/h2-5,9,12H,6,8H2,1H3/t12-/m1/s1. The Balaban J connectivity index is 1.91. The number of ether oxygens (including phenoxy) is 1. The Hall–Kier alpha value is -2.26. The summed E-state index contributed by atoms with van der Waals surface area (Å²) in [6, 6.07) is 8.02. The van der Waals surface area contributed by atoms with E-state index in [2.05, 4.69) is 11.1 Å². The molecule has 0 aliphatic heterocycles. The maximum atomic E-state index is 12.8. The third-order valence-electron chi connectivity index (χ3n) is 2.92. The van der Waals surface area contributed by atoms with Crippen LogP contribution in [0.3, 0.4) is 0 Å². The number of esters is 1. The molecule has 21 heavy (non-hydrogen) atoms. The van der Waals surface area contributed by atoms with Crippen molar-refractivity contribution in [3.8, 4) is 6.07 Å². The summed E-state index contributed by atoms with van der Waals surface area (Å²) in [4.78, 5) is 16.3. The fourth-order valence-corrected chi connectivity index (χ4v) is 2.48. The summed E-state index contributed by atoms with van der Waals surface area (Å²) in [6.07, 6.45) is 0.408. The van der Waals surface area contributed by atoms with E-state index in [0.717, 1.165) is 5.56 Å². The molecule has 1 aromatic heterocycles. The van der Waals surface area contributed by atoms with Gasteiger partial charge in [0.05, 0.1) is 23.2 Å². The van der Waals surface area contributed by atoms with E-state index in [1.54, 1.807) is 24.6 Å². The zero-order chi connectivity index (χ0) is 15.2. The normalized spacial score (nSPS) is 11.7. The molecule has 108 valence electrons. The molecule has 0 amide bonds. The Bertz CT molecular complexity index is 661. The highest BCUT2D eigenvalue weighted by Crippen LogP contribution is 2.15. The van der Waals surface area contributed by atoms with E-state index in [-0.39, 0.29) is 12.4 Å². The van der Waals surface area contributed by atoms with Crippen molar-refractivity contribution < 1.29 is 13.9 Å². The predicted molar refractivity (Wildman–Crippen MR) is 76.3 cm³/mol. The van der Waals surface area contributed by atoms with Gasteiger partial charge < -0.3 is 4.74 Å². The summed E-state index contributed by atoms with van der Waals surface area (Å²) >= 11 is 1.21. The van der Waals surface area contributed by atoms with Crippen LogP contribution in [-0.2, 0) is 11.2 Å². The van der Waals surface area contributed by atoms with E-state index < -0.39 is 11.9 Å². The van der Waals surface area contributed by atoms with Gasteiger partial charge in [0.25, 0.3) is 0 Å². The predicted octanol–water partition coefficient (Wildman–Crippen LogP) is 3.13. The van der Waals surface area contributed by atoms with Gasteiger partial charge in [0.15, 0.2) is 0 Å². The van der Waals surface area contributed by atoms with E-state index in [1.165, 1.54) is 23.5 Å². The van der Waals surface area contributed by atoms with Gasteiger partial charge in [0, 0.05) is 0 Å². The molecular formula is C15H13FN2O2S. The van der Waals surface area contributed by atoms with Crippen molar-refractivity contribution in [2.75, 3.05) is 6.61 Å². The lowest BCUT2D eigenvalue weighted by Gasteiger charge is -2.10. The zero-order valence-electron chi connectivity index (χ0n) is 11.4. The Morgan fingerprint density at radius 1 is 1.48 bits per heavy atom. The van der Waals surface area contributed by atoms with Crippen molar-refractivity contribution in [3.05, 3.63) is 51.7 Å². The van der Waals surface area contributed by atoms with Crippen LogP contribution in [0, 0.1) is 30.0 Å². The number of hydrogen-bond donors (Lipinski definition) is 0. The monoisotopic (exact) mass is 304 g/mol. The third-order valence-corrected chi connectivity index (χ3v) is 3.83. The first-order valence-electron chi connectivity index (χ1n) is 6.31. The van der Waals surface area contributed by atoms with E-state index in [4.69, 9.17) is 10.00 Å². The second-order valence-electron chi connectivity index (χ2n) is 4.52. The lowest BCUT2D eigenvalue weighted by atomic mass is 10.0. The molecule has 0 saturated heterocycles. The Morgan fingerprint density at radius 3 is 2.76 bits per heavy atom. The van der Waals surface area contributed by atoms with Crippen LogP contribution < -0.4 is 0 Å². The van der Waals surface area contributed by atoms with Crippen molar-refractivity contribution in [2.24, 2.45) is 5.92 Å². The van der Waals surface area contributed by atoms with Crippen molar-refractivity contribution in [2.45, 2.75) is 13.3 Å². The van der Waals surface area contributed by atoms with Crippen LogP contribution in [0.1, 0.15) is 20.9 Å². The number of thiazole rings is 1.